The van der Waals surface area contributed by atoms with Crippen LogP contribution in [0.15, 0.2) is 48.5 Å². The number of anilines is 1. The van der Waals surface area contributed by atoms with Gasteiger partial charge in [-0.15, -0.1) is 0 Å². The highest BCUT2D eigenvalue weighted by Gasteiger charge is 2.19. The summed E-state index contributed by atoms with van der Waals surface area (Å²) in [5.41, 5.74) is 1.90. The number of aromatic nitrogens is 1. The molecule has 0 unspecified atom stereocenters. The van der Waals surface area contributed by atoms with Gasteiger partial charge in [0.15, 0.2) is 11.7 Å². The predicted molar refractivity (Wildman–Crippen MR) is 124 cm³/mol. The summed E-state index contributed by atoms with van der Waals surface area (Å²) in [6.07, 6.45) is 0. The third-order valence-electron chi connectivity index (χ3n) is 4.71. The number of halogens is 2. The molecule has 0 atom stereocenters. The summed E-state index contributed by atoms with van der Waals surface area (Å²) in [6, 6.07) is 14.8. The number of hydrogen-bond acceptors (Lipinski definition) is 6. The van der Waals surface area contributed by atoms with Gasteiger partial charge in [0, 0.05) is 41.2 Å². The number of nitrogens with zero attached hydrogens (tertiary/aromatic N) is 2. The molecule has 4 rings (SSSR count). The van der Waals surface area contributed by atoms with Crippen molar-refractivity contribution in [1.29, 1.82) is 0 Å². The molecule has 1 saturated heterocycles. The van der Waals surface area contributed by atoms with Crippen molar-refractivity contribution in [3.63, 3.8) is 0 Å². The molecule has 1 N–H and O–H groups in total. The van der Waals surface area contributed by atoms with Crippen molar-refractivity contribution in [2.45, 2.75) is 6.54 Å². The summed E-state index contributed by atoms with van der Waals surface area (Å²) < 4.78 is 11.0. The van der Waals surface area contributed by atoms with Crippen molar-refractivity contribution < 1.29 is 14.3 Å². The van der Waals surface area contributed by atoms with E-state index in [0.717, 1.165) is 49.0 Å². The van der Waals surface area contributed by atoms with Crippen LogP contribution in [-0.2, 0) is 16.1 Å². The second-order valence-corrected chi connectivity index (χ2v) is 8.88. The van der Waals surface area contributed by atoms with E-state index in [-0.39, 0.29) is 12.5 Å². The molecule has 6 nitrogen and oxygen atoms in total. The van der Waals surface area contributed by atoms with Gasteiger partial charge in [0.25, 0.3) is 5.91 Å². The summed E-state index contributed by atoms with van der Waals surface area (Å²) in [4.78, 5) is 20.6. The first kappa shape index (κ1) is 22.0. The quantitative estimate of drug-likeness (QED) is 0.520. The molecule has 1 aromatic heterocycles. The highest BCUT2D eigenvalue weighted by atomic mass is 35.5. The molecule has 0 bridgehead atoms. The van der Waals surface area contributed by atoms with Gasteiger partial charge in [-0.25, -0.2) is 4.98 Å². The van der Waals surface area contributed by atoms with E-state index in [2.05, 4.69) is 10.2 Å². The molecule has 1 fully saturated rings. The fourth-order valence-corrected chi connectivity index (χ4v) is 4.56. The third kappa shape index (κ3) is 5.96. The van der Waals surface area contributed by atoms with Gasteiger partial charge in [0.2, 0.25) is 0 Å². The van der Waals surface area contributed by atoms with E-state index in [1.807, 2.05) is 30.3 Å². The van der Waals surface area contributed by atoms with E-state index in [1.54, 1.807) is 18.2 Å². The molecule has 1 aliphatic heterocycles. The molecule has 1 aliphatic rings. The summed E-state index contributed by atoms with van der Waals surface area (Å²) in [5.74, 6) is 0.0452. The molecule has 31 heavy (non-hydrogen) atoms. The van der Waals surface area contributed by atoms with E-state index in [0.29, 0.717) is 20.9 Å². The molecular formula is C22H21Cl2N3O3S. The molecule has 3 aromatic rings. The van der Waals surface area contributed by atoms with Crippen LogP contribution in [0.4, 0.5) is 5.13 Å². The van der Waals surface area contributed by atoms with E-state index < -0.39 is 0 Å². The van der Waals surface area contributed by atoms with Crippen molar-refractivity contribution in [1.82, 2.24) is 9.88 Å². The minimum absolute atomic E-state index is 0.195. The summed E-state index contributed by atoms with van der Waals surface area (Å²) in [7, 11) is 0. The van der Waals surface area contributed by atoms with Crippen molar-refractivity contribution >= 4 is 45.6 Å². The monoisotopic (exact) mass is 477 g/mol. The molecule has 2 aromatic carbocycles. The standard InChI is InChI=1S/C22H21Cl2N3O3S/c23-16-6-7-17(24)18(12-16)30-14-20(28)25-22-26-21(15-4-2-1-3-5-15)19(31-22)13-27-8-10-29-11-9-27/h1-7,12H,8-11,13-14H2,(H,25,26,28). The summed E-state index contributed by atoms with van der Waals surface area (Å²) in [5, 5.41) is 4.25. The normalized spacial score (nSPS) is 14.4. The smallest absolute Gasteiger partial charge is 0.264 e. The molecular weight excluding hydrogens is 457 g/mol. The maximum atomic E-state index is 12.5. The van der Waals surface area contributed by atoms with Crippen molar-refractivity contribution in [2.24, 2.45) is 0 Å². The SMILES string of the molecule is O=C(COc1cc(Cl)ccc1Cl)Nc1nc(-c2ccccc2)c(CN2CCOCC2)s1. The number of nitrogens with one attached hydrogen (secondary N) is 1. The second kappa shape index (κ2) is 10.4. The lowest BCUT2D eigenvalue weighted by atomic mass is 10.1. The number of hydrogen-bond donors (Lipinski definition) is 1. The highest BCUT2D eigenvalue weighted by Crippen LogP contribution is 2.32. The van der Waals surface area contributed by atoms with Crippen LogP contribution in [0.25, 0.3) is 11.3 Å². The number of morpholine rings is 1. The van der Waals surface area contributed by atoms with Crippen LogP contribution in [0, 0.1) is 0 Å². The number of benzene rings is 2. The van der Waals surface area contributed by atoms with Gasteiger partial charge < -0.3 is 9.47 Å². The van der Waals surface area contributed by atoms with Crippen LogP contribution in [0.3, 0.4) is 0 Å². The molecule has 9 heteroatoms. The zero-order valence-electron chi connectivity index (χ0n) is 16.6. The maximum Gasteiger partial charge on any atom is 0.264 e. The van der Waals surface area contributed by atoms with E-state index in [1.165, 1.54) is 11.3 Å². The summed E-state index contributed by atoms with van der Waals surface area (Å²) >= 11 is 13.5. The van der Waals surface area contributed by atoms with Crippen LogP contribution in [0.1, 0.15) is 4.88 Å². The summed E-state index contributed by atoms with van der Waals surface area (Å²) in [6.45, 7) is 3.78. The largest absolute Gasteiger partial charge is 0.482 e. The van der Waals surface area contributed by atoms with Crippen molar-refractivity contribution in [2.75, 3.05) is 38.2 Å². The number of rotatable bonds is 7. The molecule has 0 radical (unpaired) electrons. The molecule has 2 heterocycles. The van der Waals surface area contributed by atoms with Gasteiger partial charge in [0.05, 0.1) is 23.9 Å². The van der Waals surface area contributed by atoms with Crippen LogP contribution in [0.5, 0.6) is 5.75 Å². The van der Waals surface area contributed by atoms with Gasteiger partial charge in [-0.2, -0.15) is 0 Å². The number of carbonyl (C=O) groups is 1. The first-order valence-corrected chi connectivity index (χ1v) is 11.4. The minimum atomic E-state index is -0.317. The molecule has 1 amide bonds. The fraction of sp³-hybridized carbons (Fsp3) is 0.273. The average molecular weight is 478 g/mol. The topological polar surface area (TPSA) is 63.7 Å². The Morgan fingerprint density at radius 1 is 1.16 bits per heavy atom. The first-order valence-electron chi connectivity index (χ1n) is 9.81. The predicted octanol–water partition coefficient (Wildman–Crippen LogP) is 4.97. The van der Waals surface area contributed by atoms with Crippen LogP contribution < -0.4 is 10.1 Å². The third-order valence-corrected chi connectivity index (χ3v) is 6.22. The van der Waals surface area contributed by atoms with Gasteiger partial charge in [-0.05, 0) is 12.1 Å². The fourth-order valence-electron chi connectivity index (χ4n) is 3.18. The van der Waals surface area contributed by atoms with Crippen LogP contribution in [-0.4, -0.2) is 48.7 Å². The number of carbonyl (C=O) groups excluding carboxylic acids is 1. The Morgan fingerprint density at radius 2 is 1.94 bits per heavy atom. The Labute approximate surface area is 194 Å². The zero-order chi connectivity index (χ0) is 21.6. The Balaban J connectivity index is 1.47. The Bertz CT molecular complexity index is 1040. The number of amides is 1. The van der Waals surface area contributed by atoms with Crippen LogP contribution in [0.2, 0.25) is 10.0 Å². The van der Waals surface area contributed by atoms with Crippen LogP contribution >= 0.6 is 34.5 Å². The zero-order valence-corrected chi connectivity index (χ0v) is 19.0. The lowest BCUT2D eigenvalue weighted by Gasteiger charge is -2.26. The maximum absolute atomic E-state index is 12.5. The van der Waals surface area contributed by atoms with Gasteiger partial charge in [-0.1, -0.05) is 64.9 Å². The number of thiazole rings is 1. The first-order chi connectivity index (χ1) is 15.1. The van der Waals surface area contributed by atoms with E-state index in [9.17, 15) is 4.79 Å². The van der Waals surface area contributed by atoms with E-state index >= 15 is 0 Å². The molecule has 162 valence electrons. The minimum Gasteiger partial charge on any atom is -0.482 e. The Kier molecular flexibility index (Phi) is 7.42. The van der Waals surface area contributed by atoms with Gasteiger partial charge in [0.1, 0.15) is 5.75 Å². The molecule has 0 spiro atoms. The Hall–Kier alpha value is -2.16. The number of ether oxygens (including phenoxy) is 2. The van der Waals surface area contributed by atoms with Crippen molar-refractivity contribution in [3.05, 3.63) is 63.5 Å². The average Bonchev–Trinajstić information content (AvgIpc) is 3.17. The lowest BCUT2D eigenvalue weighted by Crippen LogP contribution is -2.35. The van der Waals surface area contributed by atoms with Gasteiger partial charge in [-0.3, -0.25) is 15.0 Å². The Morgan fingerprint density at radius 3 is 2.71 bits per heavy atom. The lowest BCUT2D eigenvalue weighted by molar-refractivity contribution is -0.118. The van der Waals surface area contributed by atoms with Crippen molar-refractivity contribution in [3.8, 4) is 17.0 Å². The molecule has 0 saturated carbocycles. The second-order valence-electron chi connectivity index (χ2n) is 6.96. The highest BCUT2D eigenvalue weighted by molar-refractivity contribution is 7.16. The molecule has 0 aliphatic carbocycles. The van der Waals surface area contributed by atoms with E-state index in [4.69, 9.17) is 37.7 Å². The van der Waals surface area contributed by atoms with Gasteiger partial charge >= 0.3 is 0 Å².